The van der Waals surface area contributed by atoms with E-state index < -0.39 is 33.2 Å². The lowest BCUT2D eigenvalue weighted by Gasteiger charge is -2.20. The van der Waals surface area contributed by atoms with Crippen LogP contribution in [0.15, 0.2) is 48.6 Å². The number of phosphoric ester groups is 1. The predicted molar refractivity (Wildman–Crippen MR) is 270 cm³/mol. The monoisotopic (exact) mass is 925 g/mol. The van der Waals surface area contributed by atoms with Crippen LogP contribution in [0.2, 0.25) is 0 Å². The zero-order valence-electron chi connectivity index (χ0n) is 41.5. The van der Waals surface area contributed by atoms with E-state index in [1.165, 1.54) is 154 Å². The molecule has 0 aromatic carbocycles. The Morgan fingerprint density at radius 3 is 1.34 bits per heavy atom. The molecule has 10 heteroatoms. The van der Waals surface area contributed by atoms with Crippen molar-refractivity contribution in [2.45, 2.75) is 257 Å². The molecule has 3 unspecified atom stereocenters. The Morgan fingerprint density at radius 2 is 0.891 bits per heavy atom. The SMILES string of the molecule is CC/C=C\C/C=C\C/C=C\C/C=C\CCCCCCCCCOCC(COP(=O)(O)OCC(O)CO)OC(=O)CCCCCCCCCCCCCCCCCCCCCCCCC. The lowest BCUT2D eigenvalue weighted by molar-refractivity contribution is -0.154. The van der Waals surface area contributed by atoms with Crippen molar-refractivity contribution in [1.29, 1.82) is 0 Å². The molecule has 0 aromatic rings. The van der Waals surface area contributed by atoms with Gasteiger partial charge in [-0.3, -0.25) is 13.8 Å². The van der Waals surface area contributed by atoms with Gasteiger partial charge in [0.25, 0.3) is 0 Å². The fourth-order valence-electron chi connectivity index (χ4n) is 7.53. The summed E-state index contributed by atoms with van der Waals surface area (Å²) < 4.78 is 33.6. The van der Waals surface area contributed by atoms with E-state index in [9.17, 15) is 19.4 Å². The number of allylic oxidation sites excluding steroid dienone is 8. The highest BCUT2D eigenvalue weighted by molar-refractivity contribution is 7.47. The Morgan fingerprint density at radius 1 is 0.500 bits per heavy atom. The first-order valence-corrected chi connectivity index (χ1v) is 28.1. The maximum Gasteiger partial charge on any atom is 0.472 e. The van der Waals surface area contributed by atoms with Crippen molar-refractivity contribution in [3.8, 4) is 0 Å². The second-order valence-corrected chi connectivity index (χ2v) is 19.3. The van der Waals surface area contributed by atoms with Gasteiger partial charge in [0.1, 0.15) is 12.2 Å². The van der Waals surface area contributed by atoms with Gasteiger partial charge in [0, 0.05) is 13.0 Å². The van der Waals surface area contributed by atoms with E-state index in [-0.39, 0.29) is 25.6 Å². The van der Waals surface area contributed by atoms with Crippen LogP contribution in [-0.2, 0) is 27.9 Å². The van der Waals surface area contributed by atoms with Gasteiger partial charge in [0.05, 0.1) is 26.4 Å². The summed E-state index contributed by atoms with van der Waals surface area (Å²) >= 11 is 0. The molecular formula is C54H101O9P. The zero-order valence-corrected chi connectivity index (χ0v) is 42.4. The third-order valence-electron chi connectivity index (χ3n) is 11.5. The van der Waals surface area contributed by atoms with Crippen molar-refractivity contribution in [3.63, 3.8) is 0 Å². The van der Waals surface area contributed by atoms with E-state index >= 15 is 0 Å². The van der Waals surface area contributed by atoms with Crippen LogP contribution >= 0.6 is 7.82 Å². The number of esters is 1. The van der Waals surface area contributed by atoms with Gasteiger partial charge in [0.15, 0.2) is 0 Å². The Hall–Kier alpha value is -1.58. The summed E-state index contributed by atoms with van der Waals surface area (Å²) in [6, 6.07) is 0. The van der Waals surface area contributed by atoms with Gasteiger partial charge in [-0.2, -0.15) is 0 Å². The first kappa shape index (κ1) is 62.4. The van der Waals surface area contributed by atoms with E-state index in [0.717, 1.165) is 70.6 Å². The van der Waals surface area contributed by atoms with Crippen LogP contribution in [0.1, 0.15) is 245 Å². The lowest BCUT2D eigenvalue weighted by Crippen LogP contribution is -2.29. The normalized spacial score (nSPS) is 14.1. The number of hydrogen-bond acceptors (Lipinski definition) is 8. The molecule has 0 radical (unpaired) electrons. The standard InChI is InChI=1S/C54H101O9P/c1-3-5-7-9-11-13-15-17-19-21-23-25-26-27-28-30-32-34-36-38-40-42-44-46-54(57)63-53(51-62-64(58,59)61-49-52(56)48-55)50-60-47-45-43-41-39-37-35-33-31-29-24-22-20-18-16-14-12-10-8-6-4-2/h6,8,12,14,18,20,24,29,52-53,55-56H,3-5,7,9-11,13,15-17,19,21-23,25-28,30-51H2,1-2H3,(H,58,59)/b8-6-,14-12-,20-18-,29-24-. The number of carbonyl (C=O) groups excluding carboxylic acids is 1. The molecule has 0 aromatic heterocycles. The van der Waals surface area contributed by atoms with Crippen LogP contribution in [0.5, 0.6) is 0 Å². The minimum atomic E-state index is -4.53. The Labute approximate surface area is 394 Å². The molecule has 376 valence electrons. The average Bonchev–Trinajstić information content (AvgIpc) is 3.29. The largest absolute Gasteiger partial charge is 0.472 e. The third kappa shape index (κ3) is 49.8. The lowest BCUT2D eigenvalue weighted by atomic mass is 10.0. The topological polar surface area (TPSA) is 132 Å². The van der Waals surface area contributed by atoms with Gasteiger partial charge in [-0.25, -0.2) is 4.57 Å². The van der Waals surface area contributed by atoms with E-state index in [1.807, 2.05) is 0 Å². The molecule has 3 atom stereocenters. The molecule has 0 aliphatic heterocycles. The molecule has 0 bridgehead atoms. The van der Waals surface area contributed by atoms with Crippen molar-refractivity contribution < 1.29 is 43.0 Å². The molecule has 0 fully saturated rings. The van der Waals surface area contributed by atoms with Gasteiger partial charge in [-0.15, -0.1) is 0 Å². The Kier molecular flexibility index (Phi) is 49.6. The third-order valence-corrected chi connectivity index (χ3v) is 12.5. The molecule has 0 saturated carbocycles. The molecular weight excluding hydrogens is 824 g/mol. The smallest absolute Gasteiger partial charge is 0.457 e. The number of carbonyl (C=O) groups is 1. The summed E-state index contributed by atoms with van der Waals surface area (Å²) in [6.07, 6.45) is 59.4. The number of aliphatic hydroxyl groups is 2. The van der Waals surface area contributed by atoms with Crippen molar-refractivity contribution in [2.75, 3.05) is 33.0 Å². The highest BCUT2D eigenvalue weighted by Crippen LogP contribution is 2.43. The molecule has 0 aliphatic carbocycles. The molecule has 64 heavy (non-hydrogen) atoms. The number of hydrogen-bond donors (Lipinski definition) is 3. The Balaban J connectivity index is 4.04. The molecule has 0 rings (SSSR count). The number of ether oxygens (including phenoxy) is 2. The minimum Gasteiger partial charge on any atom is -0.457 e. The molecule has 0 saturated heterocycles. The number of rotatable bonds is 51. The summed E-state index contributed by atoms with van der Waals surface area (Å²) in [7, 11) is -4.53. The van der Waals surface area contributed by atoms with Crippen LogP contribution in [0.25, 0.3) is 0 Å². The van der Waals surface area contributed by atoms with Crippen molar-refractivity contribution >= 4 is 13.8 Å². The summed E-state index contributed by atoms with van der Waals surface area (Å²) in [4.78, 5) is 22.7. The van der Waals surface area contributed by atoms with Gasteiger partial charge in [0.2, 0.25) is 0 Å². The van der Waals surface area contributed by atoms with Crippen LogP contribution in [-0.4, -0.2) is 66.3 Å². The van der Waals surface area contributed by atoms with E-state index in [0.29, 0.717) is 6.61 Å². The van der Waals surface area contributed by atoms with Gasteiger partial charge >= 0.3 is 13.8 Å². The number of unbranched alkanes of at least 4 members (excludes halogenated alkanes) is 29. The fraction of sp³-hybridized carbons (Fsp3) is 0.833. The molecule has 0 heterocycles. The van der Waals surface area contributed by atoms with Gasteiger partial charge in [-0.1, -0.05) is 236 Å². The average molecular weight is 925 g/mol. The molecule has 0 spiro atoms. The highest BCUT2D eigenvalue weighted by atomic mass is 31.2. The van der Waals surface area contributed by atoms with E-state index in [1.54, 1.807) is 0 Å². The maximum atomic E-state index is 12.7. The second-order valence-electron chi connectivity index (χ2n) is 17.9. The molecule has 9 nitrogen and oxygen atoms in total. The summed E-state index contributed by atoms with van der Waals surface area (Å²) in [5.74, 6) is -0.382. The van der Waals surface area contributed by atoms with E-state index in [2.05, 4.69) is 62.5 Å². The van der Waals surface area contributed by atoms with Crippen LogP contribution in [0, 0.1) is 0 Å². The summed E-state index contributed by atoms with van der Waals surface area (Å²) in [5.41, 5.74) is 0. The minimum absolute atomic E-state index is 0.0434. The van der Waals surface area contributed by atoms with Crippen LogP contribution < -0.4 is 0 Å². The van der Waals surface area contributed by atoms with Crippen molar-refractivity contribution in [3.05, 3.63) is 48.6 Å². The number of aliphatic hydroxyl groups excluding tert-OH is 2. The summed E-state index contributed by atoms with van der Waals surface area (Å²) in [5, 5.41) is 18.4. The molecule has 0 aliphatic rings. The fourth-order valence-corrected chi connectivity index (χ4v) is 8.32. The quantitative estimate of drug-likeness (QED) is 0.0236. The predicted octanol–water partition coefficient (Wildman–Crippen LogP) is 15.7. The van der Waals surface area contributed by atoms with Crippen LogP contribution in [0.4, 0.5) is 0 Å². The summed E-state index contributed by atoms with van der Waals surface area (Å²) in [6.45, 7) is 3.43. The second kappa shape index (κ2) is 50.8. The van der Waals surface area contributed by atoms with Crippen LogP contribution in [0.3, 0.4) is 0 Å². The first-order chi connectivity index (χ1) is 31.3. The zero-order chi connectivity index (χ0) is 46.7. The van der Waals surface area contributed by atoms with Gasteiger partial charge in [-0.05, 0) is 51.4 Å². The molecule has 3 N–H and O–H groups in total. The number of phosphoric acid groups is 1. The molecule has 0 amide bonds. The maximum absolute atomic E-state index is 12.7. The van der Waals surface area contributed by atoms with Gasteiger partial charge < -0.3 is 24.6 Å². The highest BCUT2D eigenvalue weighted by Gasteiger charge is 2.26. The Bertz CT molecular complexity index is 1140. The van der Waals surface area contributed by atoms with E-state index in [4.69, 9.17) is 23.6 Å². The first-order valence-electron chi connectivity index (χ1n) is 26.6. The van der Waals surface area contributed by atoms with Crippen molar-refractivity contribution in [1.82, 2.24) is 0 Å². The van der Waals surface area contributed by atoms with Crippen molar-refractivity contribution in [2.24, 2.45) is 0 Å².